The Kier molecular flexibility index (Phi) is 8.96. The summed E-state index contributed by atoms with van der Waals surface area (Å²) in [6.45, 7) is 4.54. The van der Waals surface area contributed by atoms with Gasteiger partial charge in [0.25, 0.3) is 23.6 Å². The van der Waals surface area contributed by atoms with Gasteiger partial charge in [-0.25, -0.2) is 0 Å². The average molecular weight is 763 g/mol. The van der Waals surface area contributed by atoms with Gasteiger partial charge in [-0.05, 0) is 103 Å². The number of benzene rings is 8. The van der Waals surface area contributed by atoms with Crippen LogP contribution in [0.4, 0.5) is 0 Å². The minimum atomic E-state index is -0.315. The van der Waals surface area contributed by atoms with Gasteiger partial charge in [0, 0.05) is 39.1 Å². The molecule has 2 heterocycles. The molecule has 0 atom stereocenters. The second-order valence-electron chi connectivity index (χ2n) is 16.5. The molecule has 0 N–H and O–H groups in total. The Morgan fingerprint density at radius 1 is 0.431 bits per heavy atom. The SMILES string of the molecule is CCCCCCC(CCCCCC)N1C(=O)c2ccc3c4ccc5c6c(ccc(c7ccc(c2c37)C1=O)c64)C(=O)N(Cc1c2ccccc2cc2ccccc12)C5=O. The van der Waals surface area contributed by atoms with Gasteiger partial charge in [-0.1, -0.05) is 138 Å². The van der Waals surface area contributed by atoms with E-state index >= 15 is 0 Å². The second-order valence-corrected chi connectivity index (χ2v) is 16.5. The normalized spacial score (nSPS) is 14.3. The summed E-state index contributed by atoms with van der Waals surface area (Å²) in [5, 5.41) is 10.9. The molecule has 0 aromatic heterocycles. The summed E-state index contributed by atoms with van der Waals surface area (Å²) in [7, 11) is 0. The highest BCUT2D eigenvalue weighted by Gasteiger charge is 2.39. The van der Waals surface area contributed by atoms with Gasteiger partial charge in [0.05, 0.1) is 6.54 Å². The van der Waals surface area contributed by atoms with Crippen LogP contribution in [0.3, 0.4) is 0 Å². The fourth-order valence-corrected chi connectivity index (χ4v) is 10.3. The van der Waals surface area contributed by atoms with E-state index in [1.54, 1.807) is 4.90 Å². The summed E-state index contributed by atoms with van der Waals surface area (Å²) < 4.78 is 0. The van der Waals surface area contributed by atoms with Gasteiger partial charge in [-0.2, -0.15) is 0 Å². The van der Waals surface area contributed by atoms with Crippen LogP contribution in [-0.2, 0) is 6.54 Å². The van der Waals surface area contributed by atoms with Gasteiger partial charge in [-0.3, -0.25) is 29.0 Å². The molecule has 8 aromatic carbocycles. The maximum Gasteiger partial charge on any atom is 0.261 e. The minimum Gasteiger partial charge on any atom is -0.271 e. The fourth-order valence-electron chi connectivity index (χ4n) is 10.3. The molecule has 4 amide bonds. The molecule has 6 nitrogen and oxygen atoms in total. The monoisotopic (exact) mass is 762 g/mol. The van der Waals surface area contributed by atoms with E-state index in [0.29, 0.717) is 33.0 Å². The molecule has 2 aliphatic heterocycles. The first-order valence-corrected chi connectivity index (χ1v) is 21.2. The lowest BCUT2D eigenvalue weighted by atomic mass is 9.82. The van der Waals surface area contributed by atoms with Crippen LogP contribution in [-0.4, -0.2) is 39.5 Å². The Hall–Kier alpha value is -6.14. The number of rotatable bonds is 13. The summed E-state index contributed by atoms with van der Waals surface area (Å²) in [5.41, 5.74) is 3.08. The molecule has 0 spiro atoms. The van der Waals surface area contributed by atoms with Crippen molar-refractivity contribution in [2.45, 2.75) is 90.6 Å². The van der Waals surface area contributed by atoms with E-state index in [-0.39, 0.29) is 36.2 Å². The fraction of sp³-hybridized carbons (Fsp3) is 0.269. The number of carbonyl (C=O) groups is 4. The average Bonchev–Trinajstić information content (AvgIpc) is 3.25. The van der Waals surface area contributed by atoms with Gasteiger partial charge in [0.2, 0.25) is 0 Å². The number of imide groups is 2. The molecule has 0 fully saturated rings. The first kappa shape index (κ1) is 36.2. The van der Waals surface area contributed by atoms with Crippen LogP contribution in [0.1, 0.15) is 125 Å². The maximum atomic E-state index is 14.6. The topological polar surface area (TPSA) is 74.8 Å². The molecule has 0 aliphatic carbocycles. The minimum absolute atomic E-state index is 0.130. The maximum absolute atomic E-state index is 14.6. The quantitative estimate of drug-likeness (QED) is 0.0507. The number of fused-ring (bicyclic) bond motifs is 4. The number of nitrogens with zero attached hydrogens (tertiary/aromatic N) is 2. The molecule has 0 saturated carbocycles. The first-order chi connectivity index (χ1) is 28.4. The van der Waals surface area contributed by atoms with E-state index < -0.39 is 0 Å². The zero-order valence-electron chi connectivity index (χ0n) is 33.2. The van der Waals surface area contributed by atoms with Crippen LogP contribution >= 0.6 is 0 Å². The van der Waals surface area contributed by atoms with Crippen molar-refractivity contribution in [2.75, 3.05) is 0 Å². The summed E-state index contributed by atoms with van der Waals surface area (Å²) >= 11 is 0. The molecule has 8 aromatic rings. The predicted molar refractivity (Wildman–Crippen MR) is 235 cm³/mol. The standard InChI is InChI=1S/C52H46N2O4/c1-3-5-7-9-17-33(18-10-8-6-4-2)54-51(57)42-27-23-38-36-21-25-40-47-41(26-22-37(45(36)47)39-24-28-43(52(54)58)48(42)46(38)39)50(56)53(49(40)55)30-44-34-19-13-11-15-31(34)29-32-16-12-14-20-35(32)44/h11-16,19-29,33H,3-10,17-18,30H2,1-2H3. The Morgan fingerprint density at radius 3 is 1.28 bits per heavy atom. The molecule has 58 heavy (non-hydrogen) atoms. The summed E-state index contributed by atoms with van der Waals surface area (Å²) in [6.07, 6.45) is 10.4. The lowest BCUT2D eigenvalue weighted by Crippen LogP contribution is -2.47. The van der Waals surface area contributed by atoms with Gasteiger partial charge in [0.15, 0.2) is 0 Å². The van der Waals surface area contributed by atoms with E-state index in [1.165, 1.54) is 4.90 Å². The molecule has 2 aliphatic rings. The van der Waals surface area contributed by atoms with Crippen molar-refractivity contribution < 1.29 is 19.2 Å². The van der Waals surface area contributed by atoms with Crippen LogP contribution in [0.2, 0.25) is 0 Å². The Balaban J connectivity index is 1.08. The predicted octanol–water partition coefficient (Wildman–Crippen LogP) is 12.7. The highest BCUT2D eigenvalue weighted by Crippen LogP contribution is 2.47. The lowest BCUT2D eigenvalue weighted by Gasteiger charge is -2.35. The summed E-state index contributed by atoms with van der Waals surface area (Å²) in [5.74, 6) is -1.04. The van der Waals surface area contributed by atoms with Crippen molar-refractivity contribution in [2.24, 2.45) is 0 Å². The molecule has 0 bridgehead atoms. The number of amides is 4. The van der Waals surface area contributed by atoms with Gasteiger partial charge in [-0.15, -0.1) is 0 Å². The van der Waals surface area contributed by atoms with Crippen molar-refractivity contribution in [3.63, 3.8) is 0 Å². The largest absolute Gasteiger partial charge is 0.271 e. The van der Waals surface area contributed by atoms with Gasteiger partial charge < -0.3 is 0 Å². The van der Waals surface area contributed by atoms with Crippen LogP contribution < -0.4 is 0 Å². The summed E-state index contributed by atoms with van der Waals surface area (Å²) in [6, 6.07) is 33.8. The molecule has 0 saturated heterocycles. The Bertz CT molecular complexity index is 2830. The van der Waals surface area contributed by atoms with Gasteiger partial charge in [0.1, 0.15) is 0 Å². The van der Waals surface area contributed by atoms with Crippen LogP contribution in [0.15, 0.2) is 103 Å². The zero-order valence-corrected chi connectivity index (χ0v) is 33.2. The van der Waals surface area contributed by atoms with Crippen LogP contribution in [0.25, 0.3) is 64.6 Å². The van der Waals surface area contributed by atoms with Crippen molar-refractivity contribution in [1.82, 2.24) is 9.80 Å². The Morgan fingerprint density at radius 2 is 0.845 bits per heavy atom. The highest BCUT2D eigenvalue weighted by atomic mass is 16.2. The number of unbranched alkanes of at least 4 members (excludes halogenated alkanes) is 6. The third-order valence-corrected chi connectivity index (χ3v) is 13.1. The summed E-state index contributed by atoms with van der Waals surface area (Å²) in [4.78, 5) is 61.2. The van der Waals surface area contributed by atoms with Crippen molar-refractivity contribution in [1.29, 1.82) is 0 Å². The van der Waals surface area contributed by atoms with Crippen LogP contribution in [0.5, 0.6) is 0 Å². The Labute approximate surface area is 337 Å². The number of hydrogen-bond acceptors (Lipinski definition) is 4. The molecule has 10 rings (SSSR count). The van der Waals surface area contributed by atoms with Crippen molar-refractivity contribution in [3.8, 4) is 0 Å². The number of hydrogen-bond donors (Lipinski definition) is 0. The molecule has 0 radical (unpaired) electrons. The smallest absolute Gasteiger partial charge is 0.261 e. The van der Waals surface area contributed by atoms with E-state index in [4.69, 9.17) is 0 Å². The third kappa shape index (κ3) is 5.44. The van der Waals surface area contributed by atoms with Crippen LogP contribution in [0, 0.1) is 0 Å². The first-order valence-electron chi connectivity index (χ1n) is 21.2. The molecule has 288 valence electrons. The molecule has 6 heteroatoms. The molecule has 0 unspecified atom stereocenters. The van der Waals surface area contributed by atoms with Gasteiger partial charge >= 0.3 is 0 Å². The van der Waals surface area contributed by atoms with Crippen molar-refractivity contribution in [3.05, 3.63) is 131 Å². The second kappa shape index (κ2) is 14.4. The van der Waals surface area contributed by atoms with E-state index in [0.717, 1.165) is 124 Å². The van der Waals surface area contributed by atoms with E-state index in [9.17, 15) is 19.2 Å². The number of carbonyl (C=O) groups excluding carboxylic acids is 4. The lowest BCUT2D eigenvalue weighted by molar-refractivity contribution is 0.0514. The molecular formula is C52H46N2O4. The zero-order chi connectivity index (χ0) is 39.7. The van der Waals surface area contributed by atoms with Crippen molar-refractivity contribution >= 4 is 88.3 Å². The highest BCUT2D eigenvalue weighted by molar-refractivity contribution is 6.41. The molecular weight excluding hydrogens is 717 g/mol. The third-order valence-electron chi connectivity index (χ3n) is 13.1. The van der Waals surface area contributed by atoms with E-state index in [2.05, 4.69) is 44.2 Å². The van der Waals surface area contributed by atoms with E-state index in [1.807, 2.05) is 72.8 Å².